The SMILES string of the molecule is O=C(Nc1nc2cc3c(cc2[nH]1)OC(F)(P)O3)c1ccccc1OC(F)(F)F. The van der Waals surface area contributed by atoms with Gasteiger partial charge in [0, 0.05) is 12.1 Å². The Kier molecular flexibility index (Phi) is 4.07. The van der Waals surface area contributed by atoms with Gasteiger partial charge >= 0.3 is 12.1 Å². The number of halogens is 4. The number of alkyl halides is 4. The van der Waals surface area contributed by atoms with Gasteiger partial charge in [0.25, 0.3) is 5.91 Å². The number of nitrogens with one attached hydrogen (secondary N) is 2. The minimum absolute atomic E-state index is 0.0390. The molecule has 7 nitrogen and oxygen atoms in total. The first kappa shape index (κ1) is 18.3. The van der Waals surface area contributed by atoms with Crippen molar-refractivity contribution in [2.45, 2.75) is 12.1 Å². The molecule has 0 aliphatic carbocycles. The van der Waals surface area contributed by atoms with Gasteiger partial charge in [-0.1, -0.05) is 12.1 Å². The Morgan fingerprint density at radius 2 is 1.89 bits per heavy atom. The fourth-order valence-electron chi connectivity index (χ4n) is 2.60. The molecule has 146 valence electrons. The molecular formula is C16H10F4N3O4P. The number of aromatic nitrogens is 2. The van der Waals surface area contributed by atoms with E-state index in [4.69, 9.17) is 9.47 Å². The van der Waals surface area contributed by atoms with E-state index in [2.05, 4.69) is 20.0 Å². The molecule has 3 aromatic rings. The maximum atomic E-state index is 13.7. The van der Waals surface area contributed by atoms with Crippen molar-refractivity contribution in [1.82, 2.24) is 9.97 Å². The molecule has 1 aliphatic heterocycles. The molecule has 28 heavy (non-hydrogen) atoms. The number of fused-ring (bicyclic) bond motifs is 2. The van der Waals surface area contributed by atoms with Crippen LogP contribution in [0.25, 0.3) is 11.0 Å². The molecule has 0 radical (unpaired) electrons. The lowest BCUT2D eigenvalue weighted by molar-refractivity contribution is -0.274. The van der Waals surface area contributed by atoms with Gasteiger partial charge in [-0.2, -0.15) is 4.39 Å². The quantitative estimate of drug-likeness (QED) is 0.500. The molecule has 2 atom stereocenters. The Balaban J connectivity index is 1.59. The number of aromatic amines is 1. The number of carbonyl (C=O) groups excluding carboxylic acids is 1. The molecule has 2 N–H and O–H groups in total. The van der Waals surface area contributed by atoms with Crippen LogP contribution in [0.3, 0.4) is 0 Å². The number of nitrogens with zero attached hydrogens (tertiary/aromatic N) is 1. The third kappa shape index (κ3) is 3.65. The fraction of sp³-hybridized carbons (Fsp3) is 0.125. The van der Waals surface area contributed by atoms with Crippen LogP contribution in [0.5, 0.6) is 17.2 Å². The van der Waals surface area contributed by atoms with E-state index in [1.807, 2.05) is 0 Å². The van der Waals surface area contributed by atoms with Crippen molar-refractivity contribution in [3.63, 3.8) is 0 Å². The van der Waals surface area contributed by atoms with Crippen molar-refractivity contribution in [2.24, 2.45) is 0 Å². The highest BCUT2D eigenvalue weighted by atomic mass is 31.0. The van der Waals surface area contributed by atoms with Crippen LogP contribution in [-0.2, 0) is 0 Å². The van der Waals surface area contributed by atoms with Gasteiger partial charge in [-0.25, -0.2) is 4.98 Å². The van der Waals surface area contributed by atoms with Gasteiger partial charge in [0.05, 0.1) is 16.6 Å². The van der Waals surface area contributed by atoms with Crippen LogP contribution in [0.15, 0.2) is 36.4 Å². The number of imidazole rings is 1. The fourth-order valence-corrected chi connectivity index (χ4v) is 2.85. The van der Waals surface area contributed by atoms with E-state index in [9.17, 15) is 22.4 Å². The average Bonchev–Trinajstić information content (AvgIpc) is 3.07. The number of ether oxygens (including phenoxy) is 3. The first-order chi connectivity index (χ1) is 13.1. The summed E-state index contributed by atoms with van der Waals surface area (Å²) in [7, 11) is 1.76. The van der Waals surface area contributed by atoms with Crippen molar-refractivity contribution >= 4 is 32.1 Å². The van der Waals surface area contributed by atoms with Crippen LogP contribution in [0.4, 0.5) is 23.5 Å². The van der Waals surface area contributed by atoms with Crippen LogP contribution in [0.1, 0.15) is 10.4 Å². The number of rotatable bonds is 3. The molecule has 12 heteroatoms. The molecule has 4 rings (SSSR count). The van der Waals surface area contributed by atoms with Gasteiger partial charge in [-0.3, -0.25) is 10.1 Å². The highest BCUT2D eigenvalue weighted by Crippen LogP contribution is 2.44. The minimum Gasteiger partial charge on any atom is -0.420 e. The zero-order valence-electron chi connectivity index (χ0n) is 13.6. The lowest BCUT2D eigenvalue weighted by atomic mass is 10.2. The van der Waals surface area contributed by atoms with E-state index in [0.29, 0.717) is 11.0 Å². The van der Waals surface area contributed by atoms with Gasteiger partial charge < -0.3 is 19.2 Å². The highest BCUT2D eigenvalue weighted by Gasteiger charge is 2.37. The molecule has 0 saturated carbocycles. The highest BCUT2D eigenvalue weighted by molar-refractivity contribution is 7.18. The summed E-state index contributed by atoms with van der Waals surface area (Å²) in [6.07, 6.45) is -4.94. The Bertz CT molecular complexity index is 1040. The van der Waals surface area contributed by atoms with Crippen molar-refractivity contribution in [2.75, 3.05) is 5.32 Å². The van der Waals surface area contributed by atoms with Gasteiger partial charge in [0.2, 0.25) is 5.95 Å². The molecule has 0 saturated heterocycles. The Labute approximate surface area is 156 Å². The predicted molar refractivity (Wildman–Crippen MR) is 92.0 cm³/mol. The first-order valence-corrected chi connectivity index (χ1v) is 8.23. The smallest absolute Gasteiger partial charge is 0.420 e. The molecule has 2 unspecified atom stereocenters. The van der Waals surface area contributed by atoms with E-state index in [1.165, 1.54) is 30.3 Å². The summed E-state index contributed by atoms with van der Waals surface area (Å²) in [5.74, 6) is -3.70. The van der Waals surface area contributed by atoms with Crippen molar-refractivity contribution in [1.29, 1.82) is 0 Å². The van der Waals surface area contributed by atoms with Crippen LogP contribution in [0, 0.1) is 0 Å². The molecular weight excluding hydrogens is 405 g/mol. The number of carbonyl (C=O) groups is 1. The topological polar surface area (TPSA) is 85.5 Å². The largest absolute Gasteiger partial charge is 0.573 e. The first-order valence-electron chi connectivity index (χ1n) is 7.65. The van der Waals surface area contributed by atoms with E-state index < -0.39 is 23.8 Å². The zero-order valence-corrected chi connectivity index (χ0v) is 14.8. The summed E-state index contributed by atoms with van der Waals surface area (Å²) in [5, 5.41) is 2.35. The second-order valence-electron chi connectivity index (χ2n) is 5.69. The second-order valence-corrected chi connectivity index (χ2v) is 6.38. The molecule has 0 spiro atoms. The monoisotopic (exact) mass is 415 g/mol. The summed E-state index contributed by atoms with van der Waals surface area (Å²) in [6, 6.07) is 7.70. The number of hydrogen-bond donors (Lipinski definition) is 2. The average molecular weight is 415 g/mol. The van der Waals surface area contributed by atoms with Gasteiger partial charge in [-0.05, 0) is 21.4 Å². The maximum absolute atomic E-state index is 13.7. The number of anilines is 1. The van der Waals surface area contributed by atoms with Gasteiger partial charge in [-0.15, -0.1) is 13.2 Å². The molecule has 1 aliphatic rings. The molecule has 0 bridgehead atoms. The number of para-hydroxylation sites is 1. The Morgan fingerprint density at radius 3 is 2.61 bits per heavy atom. The summed E-state index contributed by atoms with van der Waals surface area (Å²) >= 11 is 0. The van der Waals surface area contributed by atoms with Crippen molar-refractivity contribution in [3.8, 4) is 17.2 Å². The minimum atomic E-state index is -4.94. The summed E-state index contributed by atoms with van der Waals surface area (Å²) in [6.45, 7) is 0. The number of hydrogen-bond acceptors (Lipinski definition) is 5. The predicted octanol–water partition coefficient (Wildman–Crippen LogP) is 3.94. The molecule has 2 heterocycles. The summed E-state index contributed by atoms with van der Waals surface area (Å²) in [5.41, 5.74) is 0.375. The van der Waals surface area contributed by atoms with E-state index in [0.717, 1.165) is 6.07 Å². The third-order valence-electron chi connectivity index (χ3n) is 3.63. The third-order valence-corrected chi connectivity index (χ3v) is 3.87. The Morgan fingerprint density at radius 1 is 1.21 bits per heavy atom. The van der Waals surface area contributed by atoms with Crippen LogP contribution < -0.4 is 19.5 Å². The van der Waals surface area contributed by atoms with Gasteiger partial charge in [0.15, 0.2) is 11.5 Å². The van der Waals surface area contributed by atoms with E-state index in [-0.39, 0.29) is 23.0 Å². The molecule has 0 fully saturated rings. The number of amides is 1. The molecule has 1 amide bonds. The molecule has 2 aromatic carbocycles. The van der Waals surface area contributed by atoms with Crippen LogP contribution in [0.2, 0.25) is 0 Å². The zero-order chi connectivity index (χ0) is 20.1. The lowest BCUT2D eigenvalue weighted by Gasteiger charge is -2.12. The van der Waals surface area contributed by atoms with Crippen LogP contribution in [-0.4, -0.2) is 28.0 Å². The Hall–Kier alpha value is -3.07. The maximum Gasteiger partial charge on any atom is 0.573 e. The molecule has 1 aromatic heterocycles. The van der Waals surface area contributed by atoms with Crippen LogP contribution >= 0.6 is 9.24 Å². The second kappa shape index (κ2) is 6.23. The lowest BCUT2D eigenvalue weighted by Crippen LogP contribution is -2.23. The van der Waals surface area contributed by atoms with Crippen molar-refractivity contribution in [3.05, 3.63) is 42.0 Å². The summed E-state index contributed by atoms with van der Waals surface area (Å²) in [4.78, 5) is 19.2. The van der Waals surface area contributed by atoms with E-state index in [1.54, 1.807) is 9.24 Å². The van der Waals surface area contributed by atoms with Gasteiger partial charge in [0.1, 0.15) is 5.75 Å². The van der Waals surface area contributed by atoms with Crippen molar-refractivity contribution < 1.29 is 36.6 Å². The number of benzene rings is 2. The number of H-pyrrole nitrogens is 1. The normalized spacial score (nSPS) is 14.9. The summed E-state index contributed by atoms with van der Waals surface area (Å²) < 4.78 is 64.9. The standard InChI is InChI=1S/C16H10F4N3O4P/c17-15(18,19)25-10-4-2-1-3-7(10)13(24)23-14-21-8-5-11-12(6-9(8)22-14)27-16(20,28)26-11/h1-6H,28H2,(H2,21,22,23,24). The van der Waals surface area contributed by atoms with E-state index >= 15 is 0 Å².